The Kier molecular flexibility index (Phi) is 3.22. The van der Waals surface area contributed by atoms with Gasteiger partial charge >= 0.3 is 0 Å². The molecule has 0 unspecified atom stereocenters. The van der Waals surface area contributed by atoms with E-state index in [-0.39, 0.29) is 18.4 Å². The lowest BCUT2D eigenvalue weighted by molar-refractivity contribution is -0.135. The highest BCUT2D eigenvalue weighted by atomic mass is 35.5. The van der Waals surface area contributed by atoms with E-state index in [4.69, 9.17) is 11.6 Å². The molecule has 0 radical (unpaired) electrons. The minimum atomic E-state index is -0.872. The minimum Gasteiger partial charge on any atom is -0.333 e. The maximum Gasteiger partial charge on any atom is 0.251 e. The van der Waals surface area contributed by atoms with Crippen molar-refractivity contribution < 1.29 is 9.59 Å². The zero-order chi connectivity index (χ0) is 14.4. The summed E-state index contributed by atoms with van der Waals surface area (Å²) in [5.41, 5.74) is -0.217. The molecule has 1 N–H and O–H groups in total. The second-order valence-corrected chi connectivity index (χ2v) is 5.39. The fraction of sp³-hybridized carbons (Fsp3) is 0.500. The van der Waals surface area contributed by atoms with Gasteiger partial charge in [-0.25, -0.2) is 9.97 Å². The lowest BCUT2D eigenvalue weighted by atomic mass is 9.98. The number of amides is 2. The first-order valence-corrected chi connectivity index (χ1v) is 6.24. The highest BCUT2D eigenvalue weighted by molar-refractivity contribution is 6.30. The summed E-state index contributed by atoms with van der Waals surface area (Å²) in [4.78, 5) is 33.6. The van der Waals surface area contributed by atoms with Crippen LogP contribution in [0.5, 0.6) is 0 Å². The summed E-state index contributed by atoms with van der Waals surface area (Å²) in [6.45, 7) is 7.02. The summed E-state index contributed by atoms with van der Waals surface area (Å²) >= 11 is 6.04. The van der Waals surface area contributed by atoms with E-state index in [1.54, 1.807) is 32.6 Å². The molecule has 0 aromatic carbocycles. The molecule has 0 aliphatic carbocycles. The Morgan fingerprint density at radius 2 is 1.89 bits per heavy atom. The Morgan fingerprint density at radius 1 is 1.26 bits per heavy atom. The van der Waals surface area contributed by atoms with Crippen molar-refractivity contribution >= 4 is 29.2 Å². The molecule has 0 atom stereocenters. The van der Waals surface area contributed by atoms with Gasteiger partial charge in [0, 0.05) is 5.56 Å². The maximum absolute atomic E-state index is 11.9. The van der Waals surface area contributed by atoms with Crippen molar-refractivity contribution in [2.75, 3.05) is 11.4 Å². The first-order chi connectivity index (χ1) is 8.73. The number of halogens is 1. The van der Waals surface area contributed by atoms with E-state index in [0.29, 0.717) is 22.4 Å². The highest BCUT2D eigenvalue weighted by Crippen LogP contribution is 2.30. The number of piperazine rings is 1. The molecule has 2 rings (SSSR count). The quantitative estimate of drug-likeness (QED) is 0.614. The number of imide groups is 1. The molecule has 19 heavy (non-hydrogen) atoms. The lowest BCUT2D eigenvalue weighted by Gasteiger charge is -2.41. The van der Waals surface area contributed by atoms with Crippen LogP contribution in [0, 0.1) is 13.8 Å². The summed E-state index contributed by atoms with van der Waals surface area (Å²) in [5, 5.41) is 2.65. The molecule has 1 aliphatic heterocycles. The molecule has 102 valence electrons. The van der Waals surface area contributed by atoms with Crippen molar-refractivity contribution in [2.24, 2.45) is 0 Å². The average molecular weight is 283 g/mol. The molecule has 1 aromatic heterocycles. The first-order valence-electron chi connectivity index (χ1n) is 5.86. The Hall–Kier alpha value is -1.69. The summed E-state index contributed by atoms with van der Waals surface area (Å²) in [6.07, 6.45) is 0. The number of aryl methyl sites for hydroxylation is 1. The molecular formula is C12H15ClN4O2. The fourth-order valence-electron chi connectivity index (χ4n) is 1.97. The Bertz CT molecular complexity index is 571. The molecule has 2 amide bonds. The largest absolute Gasteiger partial charge is 0.333 e. The molecule has 1 aromatic rings. The van der Waals surface area contributed by atoms with Gasteiger partial charge < -0.3 is 4.90 Å². The number of nitrogens with zero attached hydrogens (tertiary/aromatic N) is 3. The molecule has 7 heteroatoms. The lowest BCUT2D eigenvalue weighted by Crippen LogP contribution is -2.64. The highest BCUT2D eigenvalue weighted by Gasteiger charge is 2.42. The SMILES string of the molecule is Cc1nc(Cl)c(C)c(N2CC(=O)NC(=O)C2(C)C)n1. The van der Waals surface area contributed by atoms with E-state index in [1.807, 2.05) is 0 Å². The molecule has 1 saturated heterocycles. The molecule has 6 nitrogen and oxygen atoms in total. The van der Waals surface area contributed by atoms with Gasteiger partial charge in [-0.1, -0.05) is 11.6 Å². The summed E-state index contributed by atoms with van der Waals surface area (Å²) in [5.74, 6) is 0.317. The van der Waals surface area contributed by atoms with Crippen LogP contribution in [0.2, 0.25) is 5.15 Å². The van der Waals surface area contributed by atoms with Gasteiger partial charge in [-0.3, -0.25) is 14.9 Å². The van der Waals surface area contributed by atoms with Crippen molar-refractivity contribution in [3.05, 3.63) is 16.5 Å². The standard InChI is InChI=1S/C12H15ClN4O2/c1-6-9(13)14-7(2)15-10(6)17-5-8(18)16-11(19)12(17,3)4/h5H2,1-4H3,(H,16,18,19). The summed E-state index contributed by atoms with van der Waals surface area (Å²) < 4.78 is 0. The van der Waals surface area contributed by atoms with Crippen LogP contribution in [0.3, 0.4) is 0 Å². The van der Waals surface area contributed by atoms with E-state index >= 15 is 0 Å². The van der Waals surface area contributed by atoms with Gasteiger partial charge in [0.2, 0.25) is 5.91 Å². The summed E-state index contributed by atoms with van der Waals surface area (Å²) in [7, 11) is 0. The molecule has 0 saturated carbocycles. The van der Waals surface area contributed by atoms with Gasteiger partial charge in [-0.05, 0) is 27.7 Å². The van der Waals surface area contributed by atoms with Gasteiger partial charge in [-0.2, -0.15) is 0 Å². The molecule has 0 bridgehead atoms. The van der Waals surface area contributed by atoms with Crippen LogP contribution < -0.4 is 10.2 Å². The smallest absolute Gasteiger partial charge is 0.251 e. The Balaban J connectivity index is 2.56. The fourth-order valence-corrected chi connectivity index (χ4v) is 2.17. The van der Waals surface area contributed by atoms with Crippen LogP contribution in [0.15, 0.2) is 0 Å². The van der Waals surface area contributed by atoms with Crippen LogP contribution in [0.4, 0.5) is 5.82 Å². The maximum atomic E-state index is 11.9. The van der Waals surface area contributed by atoms with Crippen molar-refractivity contribution in [3.63, 3.8) is 0 Å². The van der Waals surface area contributed by atoms with Crippen LogP contribution in [0.1, 0.15) is 25.2 Å². The van der Waals surface area contributed by atoms with Gasteiger partial charge in [0.25, 0.3) is 5.91 Å². The van der Waals surface area contributed by atoms with Crippen molar-refractivity contribution in [3.8, 4) is 0 Å². The number of rotatable bonds is 1. The molecule has 1 fully saturated rings. The molecule has 2 heterocycles. The number of anilines is 1. The van der Waals surface area contributed by atoms with Gasteiger partial charge in [0.15, 0.2) is 0 Å². The number of hydrogen-bond donors (Lipinski definition) is 1. The van der Waals surface area contributed by atoms with E-state index in [9.17, 15) is 9.59 Å². The van der Waals surface area contributed by atoms with E-state index < -0.39 is 5.54 Å². The first kappa shape index (κ1) is 13.7. The molecular weight excluding hydrogens is 268 g/mol. The van der Waals surface area contributed by atoms with Crippen molar-refractivity contribution in [1.82, 2.24) is 15.3 Å². The molecule has 1 aliphatic rings. The Morgan fingerprint density at radius 3 is 2.53 bits per heavy atom. The van der Waals surface area contributed by atoms with Gasteiger partial charge in [-0.15, -0.1) is 0 Å². The number of carbonyl (C=O) groups excluding carboxylic acids is 2. The van der Waals surface area contributed by atoms with Gasteiger partial charge in [0.1, 0.15) is 22.3 Å². The van der Waals surface area contributed by atoms with Crippen LogP contribution >= 0.6 is 11.6 Å². The minimum absolute atomic E-state index is 0.0619. The Labute approximate surface area is 116 Å². The topological polar surface area (TPSA) is 75.2 Å². The van der Waals surface area contributed by atoms with Crippen LogP contribution in [-0.2, 0) is 9.59 Å². The predicted octanol–water partition coefficient (Wildman–Crippen LogP) is 0.988. The zero-order valence-electron chi connectivity index (χ0n) is 11.2. The van der Waals surface area contributed by atoms with Crippen molar-refractivity contribution in [2.45, 2.75) is 33.2 Å². The third-order valence-electron chi connectivity index (χ3n) is 3.21. The number of hydrogen-bond acceptors (Lipinski definition) is 5. The van der Waals surface area contributed by atoms with Crippen molar-refractivity contribution in [1.29, 1.82) is 0 Å². The normalized spacial score (nSPS) is 18.5. The third-order valence-corrected chi connectivity index (χ3v) is 3.58. The summed E-state index contributed by atoms with van der Waals surface area (Å²) in [6, 6.07) is 0. The van der Waals surface area contributed by atoms with E-state index in [1.165, 1.54) is 0 Å². The van der Waals surface area contributed by atoms with E-state index in [2.05, 4.69) is 15.3 Å². The average Bonchev–Trinajstić information content (AvgIpc) is 2.29. The van der Waals surface area contributed by atoms with Gasteiger partial charge in [0.05, 0.1) is 6.54 Å². The molecule has 0 spiro atoms. The zero-order valence-corrected chi connectivity index (χ0v) is 12.0. The third kappa shape index (κ3) is 2.28. The monoisotopic (exact) mass is 282 g/mol. The number of nitrogens with one attached hydrogen (secondary N) is 1. The predicted molar refractivity (Wildman–Crippen MR) is 71.1 cm³/mol. The van der Waals surface area contributed by atoms with E-state index in [0.717, 1.165) is 0 Å². The second kappa shape index (κ2) is 4.45. The number of carbonyl (C=O) groups is 2. The number of aromatic nitrogens is 2. The second-order valence-electron chi connectivity index (χ2n) is 5.03. The van der Waals surface area contributed by atoms with Crippen LogP contribution in [0.25, 0.3) is 0 Å². The van der Waals surface area contributed by atoms with Crippen LogP contribution in [-0.4, -0.2) is 33.9 Å².